The zero-order valence-corrected chi connectivity index (χ0v) is 14.2. The van der Waals surface area contributed by atoms with Gasteiger partial charge in [0.15, 0.2) is 0 Å². The first kappa shape index (κ1) is 15.3. The van der Waals surface area contributed by atoms with Crippen LogP contribution in [0.5, 0.6) is 0 Å². The Morgan fingerprint density at radius 1 is 1.37 bits per heavy atom. The minimum absolute atomic E-state index is 0.154. The zero-order valence-electron chi connectivity index (χ0n) is 12.6. The van der Waals surface area contributed by atoms with E-state index < -0.39 is 0 Å². The number of hydrogen-bond donors (Lipinski definition) is 1. The topological polar surface area (TPSA) is 24.9 Å². The second-order valence-corrected chi connectivity index (χ2v) is 8.68. The molecule has 0 radical (unpaired) electrons. The number of thiazole rings is 1. The molecule has 0 aliphatic carbocycles. The Morgan fingerprint density at radius 2 is 2.16 bits per heavy atom. The Labute approximate surface area is 125 Å². The highest BCUT2D eigenvalue weighted by Crippen LogP contribution is 2.43. The first-order valence-electron chi connectivity index (χ1n) is 7.34. The van der Waals surface area contributed by atoms with Crippen LogP contribution in [0.4, 0.5) is 0 Å². The van der Waals surface area contributed by atoms with Crippen LogP contribution >= 0.6 is 23.1 Å². The number of aromatic nitrogens is 1. The summed E-state index contributed by atoms with van der Waals surface area (Å²) in [5.41, 5.74) is 1.46. The predicted molar refractivity (Wildman–Crippen MR) is 87.2 cm³/mol. The van der Waals surface area contributed by atoms with Crippen molar-refractivity contribution in [3.8, 4) is 0 Å². The van der Waals surface area contributed by atoms with Crippen molar-refractivity contribution in [2.24, 2.45) is 0 Å². The van der Waals surface area contributed by atoms with Crippen molar-refractivity contribution < 1.29 is 0 Å². The fourth-order valence-electron chi connectivity index (χ4n) is 2.36. The van der Waals surface area contributed by atoms with E-state index in [2.05, 4.69) is 44.8 Å². The van der Waals surface area contributed by atoms with Crippen molar-refractivity contribution >= 4 is 23.1 Å². The summed E-state index contributed by atoms with van der Waals surface area (Å²) in [4.78, 5) is 6.45. The average Bonchev–Trinajstić information content (AvgIpc) is 2.96. The molecule has 0 saturated carbocycles. The van der Waals surface area contributed by atoms with E-state index in [0.29, 0.717) is 5.25 Å². The van der Waals surface area contributed by atoms with Crippen LogP contribution in [0.25, 0.3) is 0 Å². The normalized spacial score (nSPS) is 20.1. The maximum absolute atomic E-state index is 5.00. The van der Waals surface area contributed by atoms with Crippen molar-refractivity contribution in [3.05, 3.63) is 15.6 Å². The summed E-state index contributed by atoms with van der Waals surface area (Å²) in [7, 11) is 0. The van der Waals surface area contributed by atoms with Crippen LogP contribution in [-0.4, -0.2) is 17.3 Å². The van der Waals surface area contributed by atoms with Gasteiger partial charge in [0.1, 0.15) is 5.01 Å². The van der Waals surface area contributed by atoms with Crippen LogP contribution in [-0.2, 0) is 12.0 Å². The number of rotatable bonds is 5. The standard InChI is InChI=1S/C15H26N2S2/c1-5-8-16-10-12-13(15(2,3)4)17-14(19-12)11-7-6-9-18-11/h11,16H,5-10H2,1-4H3. The molecule has 19 heavy (non-hydrogen) atoms. The van der Waals surface area contributed by atoms with E-state index in [1.54, 1.807) is 0 Å². The summed E-state index contributed by atoms with van der Waals surface area (Å²) >= 11 is 4.02. The number of thioether (sulfide) groups is 1. The summed E-state index contributed by atoms with van der Waals surface area (Å²) in [6.07, 6.45) is 3.85. The van der Waals surface area contributed by atoms with Gasteiger partial charge in [-0.15, -0.1) is 11.3 Å². The molecule has 0 amide bonds. The van der Waals surface area contributed by atoms with E-state index in [4.69, 9.17) is 4.98 Å². The lowest BCUT2D eigenvalue weighted by Gasteiger charge is -2.17. The molecule has 1 aliphatic heterocycles. The van der Waals surface area contributed by atoms with Crippen molar-refractivity contribution in [1.82, 2.24) is 10.3 Å². The molecule has 1 aromatic heterocycles. The lowest BCUT2D eigenvalue weighted by Crippen LogP contribution is -2.19. The molecule has 2 nitrogen and oxygen atoms in total. The molecular weight excluding hydrogens is 272 g/mol. The summed E-state index contributed by atoms with van der Waals surface area (Å²) in [5.74, 6) is 1.30. The summed E-state index contributed by atoms with van der Waals surface area (Å²) in [6.45, 7) is 11.1. The Morgan fingerprint density at radius 3 is 2.74 bits per heavy atom. The molecule has 108 valence electrons. The van der Waals surface area contributed by atoms with Gasteiger partial charge in [0.2, 0.25) is 0 Å². The third kappa shape index (κ3) is 3.96. The van der Waals surface area contributed by atoms with E-state index in [9.17, 15) is 0 Å². The van der Waals surface area contributed by atoms with Crippen LogP contribution in [0.1, 0.15) is 67.8 Å². The third-order valence-electron chi connectivity index (χ3n) is 3.34. The van der Waals surface area contributed by atoms with Crippen LogP contribution in [0, 0.1) is 0 Å². The number of nitrogens with zero attached hydrogens (tertiary/aromatic N) is 1. The number of nitrogens with one attached hydrogen (secondary N) is 1. The molecule has 4 heteroatoms. The zero-order chi connectivity index (χ0) is 13.9. The molecule has 1 atom stereocenters. The lowest BCUT2D eigenvalue weighted by molar-refractivity contribution is 0.556. The highest BCUT2D eigenvalue weighted by atomic mass is 32.2. The molecular formula is C15H26N2S2. The fourth-order valence-corrected chi connectivity index (χ4v) is 5.12. The van der Waals surface area contributed by atoms with Gasteiger partial charge in [0, 0.05) is 16.8 Å². The molecule has 0 bridgehead atoms. The maximum Gasteiger partial charge on any atom is 0.106 e. The SMILES string of the molecule is CCCNCc1sc(C2CCCS2)nc1C(C)(C)C. The Bertz CT molecular complexity index is 401. The molecule has 1 fully saturated rings. The van der Waals surface area contributed by atoms with E-state index >= 15 is 0 Å². The molecule has 2 rings (SSSR count). The summed E-state index contributed by atoms with van der Waals surface area (Å²) in [6, 6.07) is 0. The van der Waals surface area contributed by atoms with Gasteiger partial charge in [0.25, 0.3) is 0 Å². The van der Waals surface area contributed by atoms with E-state index in [-0.39, 0.29) is 5.41 Å². The van der Waals surface area contributed by atoms with E-state index in [1.165, 1.54) is 40.6 Å². The first-order chi connectivity index (χ1) is 9.02. The van der Waals surface area contributed by atoms with Crippen LogP contribution in [0.15, 0.2) is 0 Å². The second-order valence-electron chi connectivity index (χ2n) is 6.25. The fraction of sp³-hybridized carbons (Fsp3) is 0.800. The minimum Gasteiger partial charge on any atom is -0.312 e. The van der Waals surface area contributed by atoms with Crippen LogP contribution < -0.4 is 5.32 Å². The van der Waals surface area contributed by atoms with Gasteiger partial charge >= 0.3 is 0 Å². The van der Waals surface area contributed by atoms with E-state index in [0.717, 1.165) is 13.1 Å². The largest absolute Gasteiger partial charge is 0.312 e. The lowest BCUT2D eigenvalue weighted by atomic mass is 9.91. The summed E-state index contributed by atoms with van der Waals surface area (Å²) < 4.78 is 0. The Hall–Kier alpha value is -0.0600. The monoisotopic (exact) mass is 298 g/mol. The van der Waals surface area contributed by atoms with Crippen molar-refractivity contribution in [3.63, 3.8) is 0 Å². The highest BCUT2D eigenvalue weighted by molar-refractivity contribution is 7.99. The first-order valence-corrected chi connectivity index (χ1v) is 9.21. The van der Waals surface area contributed by atoms with Crippen LogP contribution in [0.3, 0.4) is 0 Å². The number of hydrogen-bond acceptors (Lipinski definition) is 4. The molecule has 1 N–H and O–H groups in total. The Balaban J connectivity index is 2.18. The molecule has 2 heterocycles. The molecule has 1 saturated heterocycles. The molecule has 0 spiro atoms. The molecule has 1 unspecified atom stereocenters. The summed E-state index contributed by atoms with van der Waals surface area (Å²) in [5, 5.41) is 5.55. The van der Waals surface area contributed by atoms with Gasteiger partial charge in [-0.2, -0.15) is 11.8 Å². The van der Waals surface area contributed by atoms with Crippen molar-refractivity contribution in [1.29, 1.82) is 0 Å². The molecule has 1 aromatic rings. The third-order valence-corrected chi connectivity index (χ3v) is 6.05. The average molecular weight is 299 g/mol. The smallest absolute Gasteiger partial charge is 0.106 e. The van der Waals surface area contributed by atoms with Gasteiger partial charge in [-0.25, -0.2) is 4.98 Å². The Kier molecular flexibility index (Phi) is 5.32. The van der Waals surface area contributed by atoms with Crippen molar-refractivity contribution in [2.45, 2.75) is 64.2 Å². The van der Waals surface area contributed by atoms with Gasteiger partial charge in [-0.05, 0) is 31.6 Å². The molecule has 1 aliphatic rings. The van der Waals surface area contributed by atoms with E-state index in [1.807, 2.05) is 11.3 Å². The van der Waals surface area contributed by atoms with Crippen LogP contribution in [0.2, 0.25) is 0 Å². The quantitative estimate of drug-likeness (QED) is 0.810. The van der Waals surface area contributed by atoms with Gasteiger partial charge < -0.3 is 5.32 Å². The van der Waals surface area contributed by atoms with Gasteiger partial charge in [-0.3, -0.25) is 0 Å². The van der Waals surface area contributed by atoms with Gasteiger partial charge in [0.05, 0.1) is 10.9 Å². The highest BCUT2D eigenvalue weighted by Gasteiger charge is 2.27. The predicted octanol–water partition coefficient (Wildman–Crippen LogP) is 4.51. The minimum atomic E-state index is 0.154. The van der Waals surface area contributed by atoms with Gasteiger partial charge in [-0.1, -0.05) is 27.7 Å². The maximum atomic E-state index is 5.00. The van der Waals surface area contributed by atoms with Crippen molar-refractivity contribution in [2.75, 3.05) is 12.3 Å². The molecule has 0 aromatic carbocycles. The second kappa shape index (κ2) is 6.59.